The minimum Gasteiger partial charge on any atom is -0.481 e. The van der Waals surface area contributed by atoms with Gasteiger partial charge >= 0.3 is 0 Å². The molecule has 1 atom stereocenters. The molecule has 0 radical (unpaired) electrons. The highest BCUT2D eigenvalue weighted by Crippen LogP contribution is 2.24. The molecular weight excluding hydrogens is 296 g/mol. The van der Waals surface area contributed by atoms with E-state index < -0.39 is 6.10 Å². The lowest BCUT2D eigenvalue weighted by Gasteiger charge is -2.16. The Balaban J connectivity index is 2.83. The van der Waals surface area contributed by atoms with E-state index in [1.807, 2.05) is 25.1 Å². The van der Waals surface area contributed by atoms with Gasteiger partial charge in [0.05, 0.1) is 0 Å². The maximum absolute atomic E-state index is 11.4. The second kappa shape index (κ2) is 7.38. The molecule has 5 heteroatoms. The van der Waals surface area contributed by atoms with E-state index in [2.05, 4.69) is 26.6 Å². The smallest absolute Gasteiger partial charge is 0.260 e. The Kier molecular flexibility index (Phi) is 6.15. The van der Waals surface area contributed by atoms with Gasteiger partial charge < -0.3 is 15.4 Å². The molecule has 0 aromatic heterocycles. The molecule has 0 bridgehead atoms. The maximum atomic E-state index is 11.4. The van der Waals surface area contributed by atoms with Gasteiger partial charge in [0.15, 0.2) is 6.10 Å². The maximum Gasteiger partial charge on any atom is 0.260 e. The summed E-state index contributed by atoms with van der Waals surface area (Å²) in [6.07, 6.45) is -0.503. The molecular formula is C13H19BrN2O2. The molecule has 1 aromatic rings. The Morgan fingerprint density at radius 1 is 1.50 bits per heavy atom. The summed E-state index contributed by atoms with van der Waals surface area (Å²) >= 11 is 3.43. The largest absolute Gasteiger partial charge is 0.481 e. The zero-order valence-electron chi connectivity index (χ0n) is 10.9. The molecule has 0 saturated heterocycles. The van der Waals surface area contributed by atoms with E-state index in [0.717, 1.165) is 22.3 Å². The van der Waals surface area contributed by atoms with E-state index in [1.165, 1.54) is 0 Å². The Hall–Kier alpha value is -1.07. The summed E-state index contributed by atoms with van der Waals surface area (Å²) in [5, 5.41) is 5.82. The number of likely N-dealkylation sites (N-methyl/N-ethyl adjacent to an activating group) is 1. The van der Waals surface area contributed by atoms with Crippen LogP contribution >= 0.6 is 15.9 Å². The van der Waals surface area contributed by atoms with Gasteiger partial charge in [-0.1, -0.05) is 22.9 Å². The zero-order chi connectivity index (χ0) is 13.5. The first kappa shape index (κ1) is 15.0. The summed E-state index contributed by atoms with van der Waals surface area (Å²) in [7, 11) is 1.60. The van der Waals surface area contributed by atoms with E-state index in [4.69, 9.17) is 4.74 Å². The summed E-state index contributed by atoms with van der Waals surface area (Å²) in [6.45, 7) is 5.38. The molecule has 1 aromatic carbocycles. The van der Waals surface area contributed by atoms with Gasteiger partial charge in [-0.15, -0.1) is 0 Å². The summed E-state index contributed by atoms with van der Waals surface area (Å²) in [5.74, 6) is 0.600. The van der Waals surface area contributed by atoms with Crippen LogP contribution in [-0.2, 0) is 11.3 Å². The van der Waals surface area contributed by atoms with Crippen LogP contribution in [0.5, 0.6) is 5.75 Å². The summed E-state index contributed by atoms with van der Waals surface area (Å²) in [4.78, 5) is 11.4. The van der Waals surface area contributed by atoms with E-state index in [-0.39, 0.29) is 5.91 Å². The molecule has 100 valence electrons. The molecule has 1 unspecified atom stereocenters. The van der Waals surface area contributed by atoms with Crippen LogP contribution in [0.25, 0.3) is 0 Å². The molecule has 4 nitrogen and oxygen atoms in total. The highest BCUT2D eigenvalue weighted by molar-refractivity contribution is 9.10. The highest BCUT2D eigenvalue weighted by atomic mass is 79.9. The van der Waals surface area contributed by atoms with Crippen LogP contribution in [0.4, 0.5) is 0 Å². The number of hydrogen-bond acceptors (Lipinski definition) is 3. The number of carbonyl (C=O) groups is 1. The van der Waals surface area contributed by atoms with Gasteiger partial charge in [-0.2, -0.15) is 0 Å². The molecule has 0 aliphatic heterocycles. The fourth-order valence-electron chi connectivity index (χ4n) is 1.51. The molecule has 0 aliphatic carbocycles. The highest BCUT2D eigenvalue weighted by Gasteiger charge is 2.14. The van der Waals surface area contributed by atoms with E-state index in [1.54, 1.807) is 14.0 Å². The third-order valence-corrected chi connectivity index (χ3v) is 3.00. The lowest BCUT2D eigenvalue weighted by Crippen LogP contribution is -2.34. The molecule has 1 rings (SSSR count). The van der Waals surface area contributed by atoms with Crippen molar-refractivity contribution < 1.29 is 9.53 Å². The molecule has 18 heavy (non-hydrogen) atoms. The van der Waals surface area contributed by atoms with E-state index in [9.17, 15) is 4.79 Å². The number of halogens is 1. The Morgan fingerprint density at radius 3 is 2.83 bits per heavy atom. The van der Waals surface area contributed by atoms with Crippen molar-refractivity contribution >= 4 is 21.8 Å². The SMILES string of the molecule is CCNCc1cc(Br)ccc1OC(C)C(=O)NC. The lowest BCUT2D eigenvalue weighted by molar-refractivity contribution is -0.126. The minimum absolute atomic E-state index is 0.132. The van der Waals surface area contributed by atoms with Crippen LogP contribution in [-0.4, -0.2) is 25.6 Å². The third-order valence-electron chi connectivity index (χ3n) is 2.51. The predicted octanol–water partition coefficient (Wildman–Crippen LogP) is 2.07. The topological polar surface area (TPSA) is 50.4 Å². The average molecular weight is 315 g/mol. The van der Waals surface area contributed by atoms with E-state index in [0.29, 0.717) is 6.54 Å². The Bertz CT molecular complexity index is 410. The van der Waals surface area contributed by atoms with E-state index >= 15 is 0 Å². The summed E-state index contributed by atoms with van der Waals surface area (Å²) in [6, 6.07) is 5.77. The first-order chi connectivity index (χ1) is 8.58. The van der Waals surface area contributed by atoms with Gasteiger partial charge in [0.25, 0.3) is 5.91 Å². The van der Waals surface area contributed by atoms with Crippen LogP contribution in [0.3, 0.4) is 0 Å². The Labute approximate surface area is 116 Å². The standard InChI is InChI=1S/C13H19BrN2O2/c1-4-16-8-10-7-11(14)5-6-12(10)18-9(2)13(17)15-3/h5-7,9,16H,4,8H2,1-3H3,(H,15,17). The van der Waals surface area contributed by atoms with Crippen molar-refractivity contribution in [1.82, 2.24) is 10.6 Å². The number of rotatable bonds is 6. The molecule has 2 N–H and O–H groups in total. The second-order valence-electron chi connectivity index (χ2n) is 3.91. The second-order valence-corrected chi connectivity index (χ2v) is 4.82. The Morgan fingerprint density at radius 2 is 2.22 bits per heavy atom. The third kappa shape index (κ3) is 4.31. The fourth-order valence-corrected chi connectivity index (χ4v) is 1.92. The van der Waals surface area contributed by atoms with Gasteiger partial charge in [-0.25, -0.2) is 0 Å². The zero-order valence-corrected chi connectivity index (χ0v) is 12.5. The summed E-state index contributed by atoms with van der Waals surface area (Å²) < 4.78 is 6.67. The van der Waals surface area contributed by atoms with Gasteiger partial charge in [0, 0.05) is 23.6 Å². The van der Waals surface area contributed by atoms with Crippen LogP contribution < -0.4 is 15.4 Å². The number of amides is 1. The first-order valence-corrected chi connectivity index (χ1v) is 6.75. The van der Waals surface area contributed by atoms with Gasteiger partial charge in [-0.3, -0.25) is 4.79 Å². The fraction of sp³-hybridized carbons (Fsp3) is 0.462. The monoisotopic (exact) mass is 314 g/mol. The quantitative estimate of drug-likeness (QED) is 0.845. The molecule has 0 fully saturated rings. The van der Waals surface area contributed by atoms with Crippen molar-refractivity contribution in [2.24, 2.45) is 0 Å². The van der Waals surface area contributed by atoms with Crippen molar-refractivity contribution in [3.63, 3.8) is 0 Å². The lowest BCUT2D eigenvalue weighted by atomic mass is 10.2. The van der Waals surface area contributed by atoms with Crippen molar-refractivity contribution in [1.29, 1.82) is 0 Å². The molecule has 0 saturated carbocycles. The van der Waals surface area contributed by atoms with Crippen LogP contribution in [0.15, 0.2) is 22.7 Å². The van der Waals surface area contributed by atoms with Gasteiger partial charge in [0.1, 0.15) is 5.75 Å². The van der Waals surface area contributed by atoms with Gasteiger partial charge in [-0.05, 0) is 31.7 Å². The number of nitrogens with one attached hydrogen (secondary N) is 2. The van der Waals surface area contributed by atoms with Crippen LogP contribution in [0, 0.1) is 0 Å². The predicted molar refractivity (Wildman–Crippen MR) is 75.7 cm³/mol. The molecule has 0 spiro atoms. The van der Waals surface area contributed by atoms with Crippen molar-refractivity contribution in [2.45, 2.75) is 26.5 Å². The normalized spacial score (nSPS) is 12.0. The molecule has 0 heterocycles. The number of benzene rings is 1. The van der Waals surface area contributed by atoms with Crippen LogP contribution in [0.1, 0.15) is 19.4 Å². The van der Waals surface area contributed by atoms with Crippen molar-refractivity contribution in [3.8, 4) is 5.75 Å². The molecule has 0 aliphatic rings. The van der Waals surface area contributed by atoms with Gasteiger partial charge in [0.2, 0.25) is 0 Å². The van der Waals surface area contributed by atoms with Crippen molar-refractivity contribution in [3.05, 3.63) is 28.2 Å². The first-order valence-electron chi connectivity index (χ1n) is 5.95. The van der Waals surface area contributed by atoms with Crippen LogP contribution in [0.2, 0.25) is 0 Å². The number of hydrogen-bond donors (Lipinski definition) is 2. The number of ether oxygens (including phenoxy) is 1. The molecule has 1 amide bonds. The number of carbonyl (C=O) groups excluding carboxylic acids is 1. The van der Waals surface area contributed by atoms with Crippen molar-refractivity contribution in [2.75, 3.05) is 13.6 Å². The summed E-state index contributed by atoms with van der Waals surface area (Å²) in [5.41, 5.74) is 1.03. The average Bonchev–Trinajstić information content (AvgIpc) is 2.37. The minimum atomic E-state index is -0.503.